The van der Waals surface area contributed by atoms with E-state index in [-0.39, 0.29) is 6.04 Å². The highest BCUT2D eigenvalue weighted by atomic mass is 15.1. The molecule has 0 amide bonds. The lowest BCUT2D eigenvalue weighted by atomic mass is 10.0. The number of nitrogens with zero attached hydrogens (tertiary/aromatic N) is 5. The molecule has 0 bridgehead atoms. The number of aryl methyl sites for hydroxylation is 2. The van der Waals surface area contributed by atoms with Crippen molar-refractivity contribution in [1.29, 1.82) is 0 Å². The molecule has 3 aromatic heterocycles. The van der Waals surface area contributed by atoms with Crippen molar-refractivity contribution in [3.8, 4) is 17.1 Å². The Morgan fingerprint density at radius 2 is 1.91 bits per heavy atom. The average Bonchev–Trinajstić information content (AvgIpc) is 3.18. The Kier molecular flexibility index (Phi) is 4.91. The van der Waals surface area contributed by atoms with Gasteiger partial charge in [-0.25, -0.2) is 15.0 Å². The van der Waals surface area contributed by atoms with Gasteiger partial charge in [0.15, 0.2) is 11.5 Å². The first-order valence-electron chi connectivity index (χ1n) is 12.8. The molecule has 7 heteroatoms. The van der Waals surface area contributed by atoms with Gasteiger partial charge in [0.1, 0.15) is 11.3 Å². The molecular formula is C26H31N7. The molecule has 3 N–H and O–H groups in total. The maximum atomic E-state index is 7.42. The van der Waals surface area contributed by atoms with Crippen molar-refractivity contribution >= 4 is 17.0 Å². The molecule has 1 aromatic carbocycles. The zero-order valence-corrected chi connectivity index (χ0v) is 19.0. The number of pyridine rings is 2. The number of imidazole rings is 1. The normalized spacial score (nSPS) is 17.1. The summed E-state index contributed by atoms with van der Waals surface area (Å²) in [7, 11) is 0. The van der Waals surface area contributed by atoms with Crippen LogP contribution < -0.4 is 11.1 Å². The number of nitrogens with two attached hydrogens (primary N) is 1. The van der Waals surface area contributed by atoms with E-state index in [1.807, 2.05) is 30.5 Å². The van der Waals surface area contributed by atoms with Gasteiger partial charge < -0.3 is 11.1 Å². The molecule has 4 aromatic rings. The summed E-state index contributed by atoms with van der Waals surface area (Å²) in [6.45, 7) is 4.53. The number of fused-ring (bicyclic) bond motifs is 1. The van der Waals surface area contributed by atoms with Gasteiger partial charge in [-0.1, -0.05) is 12.1 Å². The quantitative estimate of drug-likeness (QED) is 0.486. The second-order valence-electron chi connectivity index (χ2n) is 8.80. The van der Waals surface area contributed by atoms with E-state index in [0.717, 1.165) is 66.1 Å². The van der Waals surface area contributed by atoms with Crippen LogP contribution in [0.15, 0.2) is 48.7 Å². The molecular weight excluding hydrogens is 410 g/mol. The summed E-state index contributed by atoms with van der Waals surface area (Å²) in [5.74, 6) is 1.14. The van der Waals surface area contributed by atoms with Gasteiger partial charge in [-0.2, -0.15) is 0 Å². The largest absolute Gasteiger partial charge is 0.383 e. The molecule has 4 heterocycles. The highest BCUT2D eigenvalue weighted by molar-refractivity contribution is 5.83. The Morgan fingerprint density at radius 3 is 2.64 bits per heavy atom. The topological polar surface area (TPSA) is 84.9 Å². The number of aromatic nitrogens is 4. The van der Waals surface area contributed by atoms with Crippen molar-refractivity contribution in [3.63, 3.8) is 0 Å². The van der Waals surface area contributed by atoms with Crippen molar-refractivity contribution < 1.29 is 4.11 Å². The summed E-state index contributed by atoms with van der Waals surface area (Å²) >= 11 is 0. The molecule has 170 valence electrons. The molecule has 0 radical (unpaired) electrons. The highest BCUT2D eigenvalue weighted by Crippen LogP contribution is 2.31. The molecule has 0 atom stereocenters. The summed E-state index contributed by atoms with van der Waals surface area (Å²) in [4.78, 5) is 16.4. The number of benzene rings is 1. The van der Waals surface area contributed by atoms with E-state index in [0.29, 0.717) is 11.6 Å². The Hall–Kier alpha value is -3.29. The number of hydrogen-bond donors (Lipinski definition) is 2. The van der Waals surface area contributed by atoms with Gasteiger partial charge in [-0.3, -0.25) is 9.47 Å². The Morgan fingerprint density at radius 1 is 1.12 bits per heavy atom. The fourth-order valence-corrected chi connectivity index (χ4v) is 4.47. The zero-order chi connectivity index (χ0) is 25.4. The number of rotatable bonds is 5. The summed E-state index contributed by atoms with van der Waals surface area (Å²) < 4.78 is 24.3. The van der Waals surface area contributed by atoms with Crippen LogP contribution in [0, 0.1) is 13.8 Å². The first-order valence-corrected chi connectivity index (χ1v) is 11.3. The molecule has 5 rings (SSSR count). The van der Waals surface area contributed by atoms with Crippen LogP contribution in [-0.2, 0) is 6.54 Å². The van der Waals surface area contributed by atoms with Crippen molar-refractivity contribution in [2.75, 3.05) is 25.8 Å². The van der Waals surface area contributed by atoms with Crippen LogP contribution >= 0.6 is 0 Å². The van der Waals surface area contributed by atoms with E-state index in [4.69, 9.17) is 19.8 Å². The fraction of sp³-hybridized carbons (Fsp3) is 0.346. The molecule has 1 saturated heterocycles. The van der Waals surface area contributed by atoms with Crippen LogP contribution in [0.2, 0.25) is 0 Å². The van der Waals surface area contributed by atoms with E-state index < -0.39 is 6.98 Å². The number of nitrogens with one attached hydrogen (secondary N) is 1. The predicted molar refractivity (Wildman–Crippen MR) is 133 cm³/mol. The van der Waals surface area contributed by atoms with Gasteiger partial charge in [-0.15, -0.1) is 0 Å². The maximum Gasteiger partial charge on any atom is 0.165 e. The number of piperidine rings is 1. The first-order chi connectivity index (χ1) is 17.2. The summed E-state index contributed by atoms with van der Waals surface area (Å²) in [6.07, 6.45) is 3.34. The van der Waals surface area contributed by atoms with E-state index in [9.17, 15) is 0 Å². The molecule has 1 aliphatic rings. The van der Waals surface area contributed by atoms with E-state index in [1.165, 1.54) is 5.56 Å². The SMILES string of the molecule is [2H]C([2H])([2H])NC1CCN(Cc2ccc(-n3c(-c4cccnc4N)nc4cc(C)c(C)nc43)cc2)CC1. The van der Waals surface area contributed by atoms with Crippen LogP contribution in [0.3, 0.4) is 0 Å². The summed E-state index contributed by atoms with van der Waals surface area (Å²) in [6, 6.07) is 14.3. The van der Waals surface area contributed by atoms with Crippen LogP contribution in [-0.4, -0.2) is 50.5 Å². The van der Waals surface area contributed by atoms with Gasteiger partial charge in [0.25, 0.3) is 0 Å². The fourth-order valence-electron chi connectivity index (χ4n) is 4.47. The van der Waals surface area contributed by atoms with Gasteiger partial charge in [0.05, 0.1) is 5.56 Å². The van der Waals surface area contributed by atoms with E-state index >= 15 is 0 Å². The van der Waals surface area contributed by atoms with Crippen molar-refractivity contribution in [1.82, 2.24) is 29.7 Å². The van der Waals surface area contributed by atoms with Crippen molar-refractivity contribution in [2.24, 2.45) is 0 Å². The minimum absolute atomic E-state index is 0.0450. The number of anilines is 1. The lowest BCUT2D eigenvalue weighted by Gasteiger charge is -2.31. The molecule has 0 aliphatic carbocycles. The minimum atomic E-state index is -2.08. The smallest absolute Gasteiger partial charge is 0.165 e. The van der Waals surface area contributed by atoms with Gasteiger partial charge in [0.2, 0.25) is 0 Å². The van der Waals surface area contributed by atoms with E-state index in [1.54, 1.807) is 6.20 Å². The molecule has 0 unspecified atom stereocenters. The van der Waals surface area contributed by atoms with E-state index in [2.05, 4.69) is 45.5 Å². The lowest BCUT2D eigenvalue weighted by molar-refractivity contribution is 0.194. The van der Waals surface area contributed by atoms with Crippen LogP contribution in [0.5, 0.6) is 0 Å². The monoisotopic (exact) mass is 444 g/mol. The van der Waals surface area contributed by atoms with Crippen molar-refractivity contribution in [3.05, 3.63) is 65.5 Å². The van der Waals surface area contributed by atoms with Crippen LogP contribution in [0.1, 0.15) is 33.8 Å². The van der Waals surface area contributed by atoms with Gasteiger partial charge in [-0.05, 0) is 88.2 Å². The molecule has 1 fully saturated rings. The summed E-state index contributed by atoms with van der Waals surface area (Å²) in [5, 5.41) is 2.76. The zero-order valence-electron chi connectivity index (χ0n) is 22.0. The number of likely N-dealkylation sites (tertiary alicyclic amines) is 1. The third-order valence-corrected chi connectivity index (χ3v) is 6.55. The Balaban J connectivity index is 1.41. The third-order valence-electron chi connectivity index (χ3n) is 6.55. The standard InChI is InChI=1S/C26H31N7/c1-17-15-23-26(30-18(17)2)33(25(31-23)22-5-4-12-29-24(22)27)21-8-6-19(7-9-21)16-32-13-10-20(28-3)11-14-32/h4-9,12,15,20,28H,10-11,13-14,16H2,1-3H3,(H2,27,29)/i3D3. The predicted octanol–water partition coefficient (Wildman–Crippen LogP) is 3.87. The lowest BCUT2D eigenvalue weighted by Crippen LogP contribution is -2.40. The molecule has 1 aliphatic heterocycles. The first kappa shape index (κ1) is 18.2. The van der Waals surface area contributed by atoms with Gasteiger partial charge in [0, 0.05) is 34.3 Å². The minimum Gasteiger partial charge on any atom is -0.383 e. The Labute approximate surface area is 198 Å². The molecule has 7 nitrogen and oxygen atoms in total. The number of nitrogen functional groups attached to an aromatic ring is 1. The average molecular weight is 445 g/mol. The molecule has 0 saturated carbocycles. The Bertz CT molecular complexity index is 1370. The number of hydrogen-bond acceptors (Lipinski definition) is 6. The second kappa shape index (κ2) is 8.92. The van der Waals surface area contributed by atoms with Crippen molar-refractivity contribution in [2.45, 2.75) is 39.3 Å². The highest BCUT2D eigenvalue weighted by Gasteiger charge is 2.20. The summed E-state index contributed by atoms with van der Waals surface area (Å²) in [5.41, 5.74) is 12.8. The molecule has 33 heavy (non-hydrogen) atoms. The maximum absolute atomic E-state index is 7.42. The molecule has 0 spiro atoms. The van der Waals surface area contributed by atoms with Gasteiger partial charge >= 0.3 is 0 Å². The second-order valence-corrected chi connectivity index (χ2v) is 8.80. The van der Waals surface area contributed by atoms with Crippen LogP contribution in [0.25, 0.3) is 28.2 Å². The third kappa shape index (κ3) is 4.21. The van der Waals surface area contributed by atoms with Crippen LogP contribution in [0.4, 0.5) is 5.82 Å².